The minimum Gasteiger partial charge on any atom is -0.367 e. The van der Waals surface area contributed by atoms with Crippen LogP contribution in [0.15, 0.2) is 12.4 Å². The average molecular weight is 405 g/mol. The summed E-state index contributed by atoms with van der Waals surface area (Å²) in [6, 6.07) is 0.381. The molecular formula is C20H29ClN6O. The number of hydrogen-bond donors (Lipinski definition) is 2. The minimum atomic E-state index is 0. The molecule has 1 saturated carbocycles. The predicted octanol–water partition coefficient (Wildman–Crippen LogP) is 2.44. The second kappa shape index (κ2) is 8.25. The highest BCUT2D eigenvalue weighted by Gasteiger charge is 2.30. The Labute approximate surface area is 171 Å². The molecule has 5 rings (SSSR count). The van der Waals surface area contributed by atoms with Gasteiger partial charge in [-0.25, -0.2) is 4.98 Å². The molecule has 28 heavy (non-hydrogen) atoms. The van der Waals surface area contributed by atoms with Crippen LogP contribution in [0.25, 0.3) is 11.0 Å². The summed E-state index contributed by atoms with van der Waals surface area (Å²) < 4.78 is 0. The Bertz CT molecular complexity index is 821. The van der Waals surface area contributed by atoms with Gasteiger partial charge in [-0.3, -0.25) is 9.89 Å². The van der Waals surface area contributed by atoms with Crippen molar-refractivity contribution in [1.29, 1.82) is 0 Å². The lowest BCUT2D eigenvalue weighted by atomic mass is 9.79. The third-order valence-electron chi connectivity index (χ3n) is 6.56. The summed E-state index contributed by atoms with van der Waals surface area (Å²) in [4.78, 5) is 21.7. The average Bonchev–Trinajstić information content (AvgIpc) is 3.32. The monoisotopic (exact) mass is 404 g/mol. The molecule has 0 spiro atoms. The van der Waals surface area contributed by atoms with Crippen LogP contribution in [0.2, 0.25) is 0 Å². The highest BCUT2D eigenvalue weighted by molar-refractivity contribution is 5.91. The zero-order valence-corrected chi connectivity index (χ0v) is 17.0. The number of H-pyrrole nitrogens is 1. The summed E-state index contributed by atoms with van der Waals surface area (Å²) >= 11 is 0. The SMILES string of the molecule is Cl.O=C(C[C@@H]1CCCN1)N1CCN(c2c(C3CCC3)cnc3[nH]ncc23)CC1. The van der Waals surface area contributed by atoms with Gasteiger partial charge in [-0.1, -0.05) is 6.42 Å². The molecule has 3 fully saturated rings. The number of amides is 1. The van der Waals surface area contributed by atoms with Gasteiger partial charge in [0.05, 0.1) is 17.3 Å². The molecule has 0 aromatic carbocycles. The van der Waals surface area contributed by atoms with Crippen molar-refractivity contribution >= 4 is 35.0 Å². The number of halogens is 1. The van der Waals surface area contributed by atoms with Gasteiger partial charge in [-0.15, -0.1) is 12.4 Å². The topological polar surface area (TPSA) is 77.2 Å². The van der Waals surface area contributed by atoms with E-state index in [1.54, 1.807) is 0 Å². The zero-order chi connectivity index (χ0) is 18.2. The van der Waals surface area contributed by atoms with Crippen LogP contribution in [-0.2, 0) is 4.79 Å². The third kappa shape index (κ3) is 3.57. The first kappa shape index (κ1) is 19.5. The number of fused-ring (bicyclic) bond motifs is 1. The van der Waals surface area contributed by atoms with Crippen molar-refractivity contribution in [2.24, 2.45) is 0 Å². The number of aromatic amines is 1. The molecule has 8 heteroatoms. The number of piperazine rings is 1. The Hall–Kier alpha value is -1.86. The van der Waals surface area contributed by atoms with E-state index in [1.165, 1.54) is 36.9 Å². The molecule has 0 bridgehead atoms. The predicted molar refractivity (Wildman–Crippen MR) is 112 cm³/mol. The summed E-state index contributed by atoms with van der Waals surface area (Å²) in [6.07, 6.45) is 10.7. The number of anilines is 1. The second-order valence-corrected chi connectivity index (χ2v) is 8.19. The number of nitrogens with zero attached hydrogens (tertiary/aromatic N) is 4. The van der Waals surface area contributed by atoms with E-state index in [2.05, 4.69) is 25.4 Å². The Kier molecular flexibility index (Phi) is 5.73. The fraction of sp³-hybridized carbons (Fsp3) is 0.650. The minimum absolute atomic E-state index is 0. The van der Waals surface area contributed by atoms with E-state index in [0.717, 1.165) is 50.2 Å². The number of pyridine rings is 1. The maximum Gasteiger partial charge on any atom is 0.224 e. The van der Waals surface area contributed by atoms with Crippen molar-refractivity contribution in [1.82, 2.24) is 25.4 Å². The summed E-state index contributed by atoms with van der Waals surface area (Å²) in [5.74, 6) is 0.927. The molecule has 2 aromatic heterocycles. The van der Waals surface area contributed by atoms with Crippen molar-refractivity contribution in [2.75, 3.05) is 37.6 Å². The smallest absolute Gasteiger partial charge is 0.224 e. The van der Waals surface area contributed by atoms with Crippen LogP contribution in [0.1, 0.15) is 50.0 Å². The van der Waals surface area contributed by atoms with Crippen molar-refractivity contribution in [3.05, 3.63) is 18.0 Å². The lowest BCUT2D eigenvalue weighted by Crippen LogP contribution is -2.50. The van der Waals surface area contributed by atoms with Gasteiger partial charge >= 0.3 is 0 Å². The van der Waals surface area contributed by atoms with Crippen LogP contribution in [0.5, 0.6) is 0 Å². The molecule has 2 saturated heterocycles. The summed E-state index contributed by atoms with van der Waals surface area (Å²) in [7, 11) is 0. The van der Waals surface area contributed by atoms with E-state index in [0.29, 0.717) is 24.3 Å². The maximum absolute atomic E-state index is 12.6. The van der Waals surface area contributed by atoms with Crippen molar-refractivity contribution < 1.29 is 4.79 Å². The standard InChI is InChI=1S/C20H28N6O.ClH/c27-18(11-15-5-2-6-21-15)25-7-9-26(10-8-25)19-16(14-3-1-4-14)12-22-20-17(19)13-23-24-20;/h12-15,21H,1-11H2,(H,22,23,24);1H/t15-;/m0./s1. The summed E-state index contributed by atoms with van der Waals surface area (Å²) in [5, 5.41) is 11.8. The van der Waals surface area contributed by atoms with Crippen molar-refractivity contribution in [3.8, 4) is 0 Å². The molecule has 2 N–H and O–H groups in total. The van der Waals surface area contributed by atoms with Crippen LogP contribution in [0, 0.1) is 0 Å². The highest BCUT2D eigenvalue weighted by Crippen LogP contribution is 2.43. The maximum atomic E-state index is 12.6. The van der Waals surface area contributed by atoms with E-state index in [1.807, 2.05) is 17.3 Å². The van der Waals surface area contributed by atoms with Crippen molar-refractivity contribution in [2.45, 2.75) is 50.5 Å². The van der Waals surface area contributed by atoms with Gasteiger partial charge in [0.2, 0.25) is 5.91 Å². The largest absolute Gasteiger partial charge is 0.367 e. The molecule has 152 valence electrons. The first-order chi connectivity index (χ1) is 13.3. The molecule has 7 nitrogen and oxygen atoms in total. The highest BCUT2D eigenvalue weighted by atomic mass is 35.5. The lowest BCUT2D eigenvalue weighted by Gasteiger charge is -2.39. The molecular weight excluding hydrogens is 376 g/mol. The number of carbonyl (C=O) groups is 1. The molecule has 1 aliphatic carbocycles. The van der Waals surface area contributed by atoms with Gasteiger partial charge in [-0.05, 0) is 43.7 Å². The van der Waals surface area contributed by atoms with E-state index in [-0.39, 0.29) is 12.4 Å². The third-order valence-corrected chi connectivity index (χ3v) is 6.56. The Balaban J connectivity index is 0.00000192. The van der Waals surface area contributed by atoms with Crippen LogP contribution in [-0.4, -0.2) is 64.8 Å². The van der Waals surface area contributed by atoms with Gasteiger partial charge in [0.25, 0.3) is 0 Å². The normalized spacial score (nSPS) is 22.9. The number of rotatable bonds is 4. The molecule has 4 heterocycles. The molecule has 3 aliphatic rings. The Morgan fingerprint density at radius 1 is 1.11 bits per heavy atom. The zero-order valence-electron chi connectivity index (χ0n) is 16.2. The fourth-order valence-electron chi connectivity index (χ4n) is 4.72. The van der Waals surface area contributed by atoms with Crippen molar-refractivity contribution in [3.63, 3.8) is 0 Å². The molecule has 0 unspecified atom stereocenters. The van der Waals surface area contributed by atoms with E-state index in [9.17, 15) is 4.79 Å². The number of carbonyl (C=O) groups excluding carboxylic acids is 1. The number of hydrogen-bond acceptors (Lipinski definition) is 5. The Morgan fingerprint density at radius 2 is 1.93 bits per heavy atom. The molecule has 0 radical (unpaired) electrons. The van der Waals surface area contributed by atoms with E-state index in [4.69, 9.17) is 0 Å². The second-order valence-electron chi connectivity index (χ2n) is 8.19. The molecule has 1 atom stereocenters. The van der Waals surface area contributed by atoms with Crippen LogP contribution in [0.4, 0.5) is 5.69 Å². The fourth-order valence-corrected chi connectivity index (χ4v) is 4.72. The van der Waals surface area contributed by atoms with Crippen LogP contribution < -0.4 is 10.2 Å². The summed E-state index contributed by atoms with van der Waals surface area (Å²) in [6.45, 7) is 4.43. The van der Waals surface area contributed by atoms with Crippen LogP contribution >= 0.6 is 12.4 Å². The van der Waals surface area contributed by atoms with Gasteiger partial charge in [0.15, 0.2) is 5.65 Å². The molecule has 2 aliphatic heterocycles. The van der Waals surface area contributed by atoms with Gasteiger partial charge in [0.1, 0.15) is 0 Å². The number of nitrogens with one attached hydrogen (secondary N) is 2. The van der Waals surface area contributed by atoms with E-state index < -0.39 is 0 Å². The Morgan fingerprint density at radius 3 is 2.61 bits per heavy atom. The quantitative estimate of drug-likeness (QED) is 0.818. The molecule has 2 aromatic rings. The first-order valence-corrected chi connectivity index (χ1v) is 10.4. The summed E-state index contributed by atoms with van der Waals surface area (Å²) in [5.41, 5.74) is 3.52. The molecule has 1 amide bonds. The number of aromatic nitrogens is 3. The van der Waals surface area contributed by atoms with Gasteiger partial charge in [0, 0.05) is 44.8 Å². The van der Waals surface area contributed by atoms with Gasteiger partial charge in [-0.2, -0.15) is 5.10 Å². The first-order valence-electron chi connectivity index (χ1n) is 10.4. The van der Waals surface area contributed by atoms with Gasteiger partial charge < -0.3 is 15.1 Å². The lowest BCUT2D eigenvalue weighted by molar-refractivity contribution is -0.131. The van der Waals surface area contributed by atoms with Crippen LogP contribution in [0.3, 0.4) is 0 Å². The van der Waals surface area contributed by atoms with E-state index >= 15 is 0 Å².